The number of carbonyl (C=O) groups is 1. The summed E-state index contributed by atoms with van der Waals surface area (Å²) < 4.78 is 0.675. The topological polar surface area (TPSA) is 37.3 Å². The van der Waals surface area contributed by atoms with Gasteiger partial charge in [-0.3, -0.25) is 4.79 Å². The van der Waals surface area contributed by atoms with Gasteiger partial charge in [-0.25, -0.2) is 0 Å². The summed E-state index contributed by atoms with van der Waals surface area (Å²) in [7, 11) is 3.96. The minimum absolute atomic E-state index is 0.235. The number of nitrogens with zero attached hydrogens (tertiary/aromatic N) is 1. The van der Waals surface area contributed by atoms with Crippen LogP contribution in [0.4, 0.5) is 0 Å². The molecule has 0 aromatic heterocycles. The summed E-state index contributed by atoms with van der Waals surface area (Å²) in [6.45, 7) is 0.815. The molecule has 0 aromatic carbocycles. The fraction of sp³-hybridized carbons (Fsp3) is 0.857. The summed E-state index contributed by atoms with van der Waals surface area (Å²) in [5.74, 6) is -0.737. The number of alkyl halides is 1. The molecule has 0 atom stereocenters. The number of carboxylic acids is 1. The van der Waals surface area contributed by atoms with Crippen LogP contribution in [0.5, 0.6) is 0 Å². The zero-order valence-electron chi connectivity index (χ0n) is 7.01. The van der Waals surface area contributed by atoms with Gasteiger partial charge in [-0.15, -0.1) is 0 Å². The monoisotopic (exact) mass is 180 g/mol. The van der Waals surface area contributed by atoms with Crippen molar-refractivity contribution in [3.63, 3.8) is 0 Å². The normalized spacial score (nSPS) is 11.5. The van der Waals surface area contributed by atoms with Crippen LogP contribution in [0.25, 0.3) is 0 Å². The van der Waals surface area contributed by atoms with E-state index < -0.39 is 5.97 Å². The third-order valence-electron chi connectivity index (χ3n) is 1.48. The van der Waals surface area contributed by atoms with E-state index >= 15 is 0 Å². The van der Waals surface area contributed by atoms with Crippen molar-refractivity contribution in [2.45, 2.75) is 12.8 Å². The third kappa shape index (κ3) is 6.13. The summed E-state index contributed by atoms with van der Waals surface area (Å²) in [4.78, 5) is 10.1. The van der Waals surface area contributed by atoms with Crippen LogP contribution < -0.4 is 0 Å². The first-order valence-electron chi connectivity index (χ1n) is 3.58. The third-order valence-corrected chi connectivity index (χ3v) is 2.12. The first-order chi connectivity index (χ1) is 4.98. The fourth-order valence-corrected chi connectivity index (χ4v) is 0.838. The lowest BCUT2D eigenvalue weighted by Gasteiger charge is -2.26. The molecule has 0 aliphatic carbocycles. The molecule has 0 heterocycles. The van der Waals surface area contributed by atoms with Gasteiger partial charge in [0, 0.05) is 6.42 Å². The Labute approximate surface area is 72.2 Å². The average Bonchev–Trinajstić information content (AvgIpc) is 1.87. The van der Waals surface area contributed by atoms with Gasteiger partial charge in [0.15, 0.2) is 6.00 Å². The Hall–Kier alpha value is -0.280. The lowest BCUT2D eigenvalue weighted by Crippen LogP contribution is -2.39. The van der Waals surface area contributed by atoms with Crippen LogP contribution in [0.3, 0.4) is 0 Å². The fourth-order valence-electron chi connectivity index (χ4n) is 0.718. The van der Waals surface area contributed by atoms with E-state index in [0.717, 1.165) is 6.54 Å². The van der Waals surface area contributed by atoms with Crippen LogP contribution >= 0.6 is 11.6 Å². The predicted octanol–water partition coefficient (Wildman–Crippen LogP) is 1.12. The van der Waals surface area contributed by atoms with E-state index in [4.69, 9.17) is 16.7 Å². The Kier molecular flexibility index (Phi) is 4.45. The number of quaternary nitrogens is 1. The summed E-state index contributed by atoms with van der Waals surface area (Å²) in [5, 5.41) is 8.34. The second-order valence-electron chi connectivity index (χ2n) is 3.28. The van der Waals surface area contributed by atoms with Gasteiger partial charge in [-0.2, -0.15) is 0 Å². The van der Waals surface area contributed by atoms with Gasteiger partial charge < -0.3 is 9.59 Å². The molecule has 11 heavy (non-hydrogen) atoms. The molecule has 66 valence electrons. The minimum atomic E-state index is -0.737. The Morgan fingerprint density at radius 3 is 2.45 bits per heavy atom. The van der Waals surface area contributed by atoms with Gasteiger partial charge in [0.25, 0.3) is 0 Å². The molecule has 4 heteroatoms. The quantitative estimate of drug-likeness (QED) is 0.391. The Morgan fingerprint density at radius 2 is 2.09 bits per heavy atom. The SMILES string of the molecule is C[N+](C)(CCl)CCCC(=O)O. The number of hydrogen-bond donors (Lipinski definition) is 1. The van der Waals surface area contributed by atoms with E-state index in [1.54, 1.807) is 0 Å². The number of halogens is 1. The molecule has 0 aromatic rings. The van der Waals surface area contributed by atoms with E-state index in [1.807, 2.05) is 14.1 Å². The number of aliphatic carboxylic acids is 1. The van der Waals surface area contributed by atoms with Crippen molar-refractivity contribution in [2.24, 2.45) is 0 Å². The van der Waals surface area contributed by atoms with Crippen LogP contribution in [0.15, 0.2) is 0 Å². The van der Waals surface area contributed by atoms with Gasteiger partial charge in [0.2, 0.25) is 0 Å². The van der Waals surface area contributed by atoms with Crippen molar-refractivity contribution < 1.29 is 14.4 Å². The number of hydrogen-bond acceptors (Lipinski definition) is 1. The predicted molar refractivity (Wildman–Crippen MR) is 44.6 cm³/mol. The second kappa shape index (κ2) is 4.57. The summed E-state index contributed by atoms with van der Waals surface area (Å²) in [5.41, 5.74) is 0. The van der Waals surface area contributed by atoms with E-state index in [-0.39, 0.29) is 6.42 Å². The Bertz CT molecular complexity index is 136. The largest absolute Gasteiger partial charge is 0.481 e. The lowest BCUT2D eigenvalue weighted by atomic mass is 10.3. The molecule has 0 spiro atoms. The second-order valence-corrected chi connectivity index (χ2v) is 3.52. The van der Waals surface area contributed by atoms with Crippen LogP contribution in [-0.2, 0) is 4.79 Å². The highest BCUT2D eigenvalue weighted by atomic mass is 35.5. The molecule has 0 rings (SSSR count). The highest BCUT2D eigenvalue weighted by molar-refractivity contribution is 6.16. The van der Waals surface area contributed by atoms with Crippen LogP contribution in [0.2, 0.25) is 0 Å². The maximum Gasteiger partial charge on any atom is 0.303 e. The smallest absolute Gasteiger partial charge is 0.303 e. The molecule has 3 nitrogen and oxygen atoms in total. The Balaban J connectivity index is 3.45. The molecule has 0 aliphatic heterocycles. The molecular formula is C7H15ClNO2+. The van der Waals surface area contributed by atoms with Gasteiger partial charge in [-0.05, 0) is 0 Å². The van der Waals surface area contributed by atoms with Crippen molar-refractivity contribution in [3.05, 3.63) is 0 Å². The highest BCUT2D eigenvalue weighted by Crippen LogP contribution is 2.02. The van der Waals surface area contributed by atoms with Crippen LogP contribution in [0, 0.1) is 0 Å². The molecular weight excluding hydrogens is 166 g/mol. The zero-order chi connectivity index (χ0) is 8.91. The molecule has 0 amide bonds. The standard InChI is InChI=1S/C7H14ClNO2/c1-9(2,6-8)5-3-4-7(10)11/h3-6H2,1-2H3/p+1. The number of rotatable bonds is 5. The van der Waals surface area contributed by atoms with Gasteiger partial charge in [0.05, 0.1) is 27.1 Å². The van der Waals surface area contributed by atoms with E-state index in [9.17, 15) is 4.79 Å². The van der Waals surface area contributed by atoms with Crippen LogP contribution in [-0.4, -0.2) is 42.2 Å². The highest BCUT2D eigenvalue weighted by Gasteiger charge is 2.12. The zero-order valence-corrected chi connectivity index (χ0v) is 7.76. The minimum Gasteiger partial charge on any atom is -0.481 e. The molecule has 0 fully saturated rings. The first-order valence-corrected chi connectivity index (χ1v) is 4.11. The molecule has 0 bridgehead atoms. The van der Waals surface area contributed by atoms with E-state index in [0.29, 0.717) is 16.9 Å². The van der Waals surface area contributed by atoms with Gasteiger partial charge in [0.1, 0.15) is 0 Å². The van der Waals surface area contributed by atoms with E-state index in [1.165, 1.54) is 0 Å². The molecule has 0 aliphatic rings. The molecule has 0 saturated heterocycles. The molecule has 0 unspecified atom stereocenters. The van der Waals surface area contributed by atoms with Crippen molar-refractivity contribution in [1.29, 1.82) is 0 Å². The van der Waals surface area contributed by atoms with Crippen molar-refractivity contribution in [1.82, 2.24) is 0 Å². The number of carboxylic acid groups (broad SMARTS) is 1. The average molecular weight is 181 g/mol. The van der Waals surface area contributed by atoms with Crippen molar-refractivity contribution >= 4 is 17.6 Å². The Morgan fingerprint density at radius 1 is 1.55 bits per heavy atom. The van der Waals surface area contributed by atoms with Crippen molar-refractivity contribution in [3.8, 4) is 0 Å². The summed E-state index contributed by atoms with van der Waals surface area (Å²) in [6.07, 6.45) is 0.924. The maximum atomic E-state index is 10.1. The van der Waals surface area contributed by atoms with E-state index in [2.05, 4.69) is 0 Å². The molecule has 0 saturated carbocycles. The summed E-state index contributed by atoms with van der Waals surface area (Å²) >= 11 is 5.63. The molecule has 0 radical (unpaired) electrons. The maximum absolute atomic E-state index is 10.1. The van der Waals surface area contributed by atoms with Crippen molar-refractivity contribution in [2.75, 3.05) is 26.6 Å². The molecule has 1 N–H and O–H groups in total. The van der Waals surface area contributed by atoms with Crippen LogP contribution in [0.1, 0.15) is 12.8 Å². The first kappa shape index (κ1) is 10.7. The van der Waals surface area contributed by atoms with Gasteiger partial charge >= 0.3 is 5.97 Å². The van der Waals surface area contributed by atoms with Gasteiger partial charge in [-0.1, -0.05) is 11.6 Å². The lowest BCUT2D eigenvalue weighted by molar-refractivity contribution is -0.879. The summed E-state index contributed by atoms with van der Waals surface area (Å²) in [6, 6.07) is 0.527.